The predicted octanol–water partition coefficient (Wildman–Crippen LogP) is 5.40. The van der Waals surface area contributed by atoms with Gasteiger partial charge in [0.1, 0.15) is 17.9 Å². The number of amides is 1. The average molecular weight is 517 g/mol. The molecule has 7 nitrogen and oxygen atoms in total. The minimum absolute atomic E-state index is 0.00228. The molecule has 9 heteroatoms. The van der Waals surface area contributed by atoms with E-state index in [1.54, 1.807) is 6.07 Å². The lowest BCUT2D eigenvalue weighted by atomic mass is 9.70. The van der Waals surface area contributed by atoms with Crippen LogP contribution in [-0.2, 0) is 16.8 Å². The number of benzene rings is 2. The van der Waals surface area contributed by atoms with Gasteiger partial charge in [-0.25, -0.2) is 18.4 Å². The summed E-state index contributed by atoms with van der Waals surface area (Å²) in [5.41, 5.74) is 1.70. The quantitative estimate of drug-likeness (QED) is 0.489. The molecule has 0 bridgehead atoms. The number of aliphatic carboxylic acids is 1. The molecule has 2 aliphatic rings. The number of halogens is 2. The Labute approximate surface area is 215 Å². The Morgan fingerprint density at radius 3 is 2.32 bits per heavy atom. The molecule has 1 saturated carbocycles. The lowest BCUT2D eigenvalue weighted by molar-refractivity contribution is -0.141. The third kappa shape index (κ3) is 5.71. The maximum absolute atomic E-state index is 13.9. The van der Waals surface area contributed by atoms with Gasteiger partial charge in [0.05, 0.1) is 6.54 Å². The maximum atomic E-state index is 13.9. The van der Waals surface area contributed by atoms with E-state index in [0.717, 1.165) is 30.6 Å². The first-order valence-corrected chi connectivity index (χ1v) is 12.6. The van der Waals surface area contributed by atoms with Crippen LogP contribution in [0.2, 0.25) is 0 Å². The summed E-state index contributed by atoms with van der Waals surface area (Å²) in [7, 11) is 4.18. The van der Waals surface area contributed by atoms with Gasteiger partial charge >= 0.3 is 12.1 Å². The predicted molar refractivity (Wildman–Crippen MR) is 134 cm³/mol. The van der Waals surface area contributed by atoms with Crippen molar-refractivity contribution in [2.24, 2.45) is 5.92 Å². The minimum atomic E-state index is -2.62. The summed E-state index contributed by atoms with van der Waals surface area (Å²) >= 11 is 0. The van der Waals surface area contributed by atoms with Crippen molar-refractivity contribution in [3.05, 3.63) is 65.2 Å². The number of ether oxygens (including phenoxy) is 1. The lowest BCUT2D eigenvalue weighted by Crippen LogP contribution is -2.44. The molecule has 37 heavy (non-hydrogen) atoms. The smallest absolute Gasteiger partial charge is 0.408 e. The van der Waals surface area contributed by atoms with Crippen LogP contribution in [0.25, 0.3) is 0 Å². The second kappa shape index (κ2) is 11.0. The molecule has 1 saturated heterocycles. The monoisotopic (exact) mass is 516 g/mol. The van der Waals surface area contributed by atoms with Gasteiger partial charge in [0.15, 0.2) is 0 Å². The fourth-order valence-electron chi connectivity index (χ4n) is 5.98. The summed E-state index contributed by atoms with van der Waals surface area (Å²) in [5.74, 6) is -0.637. The Morgan fingerprint density at radius 1 is 1.11 bits per heavy atom. The molecule has 1 heterocycles. The first kappa shape index (κ1) is 26.9. The Kier molecular flexibility index (Phi) is 8.02. The van der Waals surface area contributed by atoms with Crippen LogP contribution < -0.4 is 4.74 Å². The van der Waals surface area contributed by atoms with Crippen LogP contribution >= 0.6 is 0 Å². The maximum Gasteiger partial charge on any atom is 0.408 e. The highest BCUT2D eigenvalue weighted by Gasteiger charge is 2.41. The van der Waals surface area contributed by atoms with E-state index in [1.165, 1.54) is 17.7 Å². The molecule has 4 rings (SSSR count). The van der Waals surface area contributed by atoms with Crippen molar-refractivity contribution in [3.8, 4) is 5.75 Å². The number of hydrogen-bond donors (Lipinski definition) is 2. The number of likely N-dealkylation sites (tertiary alicyclic amines) is 1. The molecule has 0 radical (unpaired) electrons. The summed E-state index contributed by atoms with van der Waals surface area (Å²) in [5, 5.41) is 18.6. The van der Waals surface area contributed by atoms with Crippen molar-refractivity contribution < 1.29 is 33.3 Å². The topological polar surface area (TPSA) is 90.3 Å². The molecule has 2 aromatic rings. The first-order chi connectivity index (χ1) is 17.6. The fraction of sp³-hybridized carbons (Fsp3) is 0.500. The summed E-state index contributed by atoms with van der Waals surface area (Å²) in [6, 6.07) is 13.7. The largest absolute Gasteiger partial charge is 0.488 e. The van der Waals surface area contributed by atoms with Gasteiger partial charge in [-0.2, -0.15) is 0 Å². The standard InChI is InChI=1S/C28H34F2N2O5/c1-31(2)28(20-6-4-3-5-7-20)12-10-18(11-13-28)14-19-15-21(8-9-23(19)25(29)30)37-22-16-24(26(33)34)32(17-22)27(35)36/h3-9,15,18,22,24-25H,10-14,16-17H2,1-2H3,(H,33,34)(H,35,36)/t18?,22-,24-,28?/m0/s1. The van der Waals surface area contributed by atoms with Gasteiger partial charge in [-0.15, -0.1) is 0 Å². The molecular formula is C28H34F2N2O5. The van der Waals surface area contributed by atoms with E-state index in [1.807, 2.05) is 18.2 Å². The second-order valence-electron chi connectivity index (χ2n) is 10.4. The number of carbonyl (C=O) groups is 2. The zero-order valence-corrected chi connectivity index (χ0v) is 21.1. The van der Waals surface area contributed by atoms with Crippen molar-refractivity contribution in [1.82, 2.24) is 9.80 Å². The van der Waals surface area contributed by atoms with Gasteiger partial charge in [-0.3, -0.25) is 9.80 Å². The van der Waals surface area contributed by atoms with Crippen LogP contribution in [0.1, 0.15) is 55.2 Å². The van der Waals surface area contributed by atoms with Crippen molar-refractivity contribution >= 4 is 12.1 Å². The lowest BCUT2D eigenvalue weighted by Gasteiger charge is -2.45. The SMILES string of the molecule is CN(C)C1(c2ccccc2)CCC(Cc2cc(O[C@H]3C[C@@H](C(=O)O)N(C(=O)O)C3)ccc2C(F)F)CC1. The van der Waals surface area contributed by atoms with Crippen LogP contribution in [0.15, 0.2) is 48.5 Å². The number of alkyl halides is 2. The molecule has 0 aromatic heterocycles. The molecule has 0 unspecified atom stereocenters. The van der Waals surface area contributed by atoms with E-state index in [2.05, 4.69) is 31.1 Å². The summed E-state index contributed by atoms with van der Waals surface area (Å²) < 4.78 is 33.6. The Morgan fingerprint density at radius 2 is 1.78 bits per heavy atom. The van der Waals surface area contributed by atoms with Crippen LogP contribution in [-0.4, -0.2) is 64.9 Å². The van der Waals surface area contributed by atoms with Gasteiger partial charge in [0.2, 0.25) is 0 Å². The highest BCUT2D eigenvalue weighted by molar-refractivity contribution is 5.80. The first-order valence-electron chi connectivity index (χ1n) is 12.6. The van der Waals surface area contributed by atoms with Crippen molar-refractivity contribution in [3.63, 3.8) is 0 Å². The molecular weight excluding hydrogens is 482 g/mol. The van der Waals surface area contributed by atoms with E-state index in [0.29, 0.717) is 17.7 Å². The zero-order chi connectivity index (χ0) is 26.7. The molecule has 200 valence electrons. The van der Waals surface area contributed by atoms with Crippen LogP contribution in [0, 0.1) is 5.92 Å². The van der Waals surface area contributed by atoms with Gasteiger partial charge < -0.3 is 14.9 Å². The van der Waals surface area contributed by atoms with Gasteiger partial charge in [0.25, 0.3) is 6.43 Å². The van der Waals surface area contributed by atoms with E-state index < -0.39 is 30.6 Å². The number of carboxylic acid groups (broad SMARTS) is 2. The molecule has 0 spiro atoms. The molecule has 2 aromatic carbocycles. The van der Waals surface area contributed by atoms with E-state index >= 15 is 0 Å². The highest BCUT2D eigenvalue weighted by atomic mass is 19.3. The van der Waals surface area contributed by atoms with Crippen molar-refractivity contribution in [2.45, 2.75) is 62.6 Å². The van der Waals surface area contributed by atoms with Crippen molar-refractivity contribution in [2.75, 3.05) is 20.6 Å². The second-order valence-corrected chi connectivity index (χ2v) is 10.4. The summed E-state index contributed by atoms with van der Waals surface area (Å²) in [6.07, 6.45) is -0.451. The number of nitrogens with zero attached hydrogens (tertiary/aromatic N) is 2. The number of carboxylic acids is 1. The van der Waals surface area contributed by atoms with Crippen LogP contribution in [0.3, 0.4) is 0 Å². The Balaban J connectivity index is 1.47. The van der Waals surface area contributed by atoms with Crippen LogP contribution in [0.4, 0.5) is 13.6 Å². The number of rotatable bonds is 8. The normalized spacial score (nSPS) is 26.0. The van der Waals surface area contributed by atoms with Crippen molar-refractivity contribution in [1.29, 1.82) is 0 Å². The molecule has 1 aliphatic heterocycles. The molecule has 2 N–H and O–H groups in total. The molecule has 1 aliphatic carbocycles. The van der Waals surface area contributed by atoms with E-state index in [4.69, 9.17) is 4.74 Å². The van der Waals surface area contributed by atoms with Gasteiger partial charge in [-0.05, 0) is 81.4 Å². The Bertz CT molecular complexity index is 1080. The van der Waals surface area contributed by atoms with Gasteiger partial charge in [0, 0.05) is 17.5 Å². The molecule has 2 atom stereocenters. The third-order valence-electron chi connectivity index (χ3n) is 8.05. The Hall–Kier alpha value is -3.20. The van der Waals surface area contributed by atoms with E-state index in [9.17, 15) is 28.6 Å². The summed E-state index contributed by atoms with van der Waals surface area (Å²) in [4.78, 5) is 26.0. The number of hydrogen-bond acceptors (Lipinski definition) is 4. The average Bonchev–Trinajstić information content (AvgIpc) is 3.29. The fourth-order valence-corrected chi connectivity index (χ4v) is 5.98. The van der Waals surface area contributed by atoms with Gasteiger partial charge in [-0.1, -0.05) is 30.3 Å². The molecule has 1 amide bonds. The summed E-state index contributed by atoms with van der Waals surface area (Å²) in [6.45, 7) is -0.0903. The van der Waals surface area contributed by atoms with Crippen LogP contribution in [0.5, 0.6) is 5.75 Å². The third-order valence-corrected chi connectivity index (χ3v) is 8.05. The molecule has 2 fully saturated rings. The minimum Gasteiger partial charge on any atom is -0.488 e. The van der Waals surface area contributed by atoms with E-state index in [-0.39, 0.29) is 30.0 Å². The zero-order valence-electron chi connectivity index (χ0n) is 21.1. The highest BCUT2D eigenvalue weighted by Crippen LogP contribution is 2.44.